The average molecular weight is 721 g/mol. The van der Waals surface area contributed by atoms with Crippen molar-refractivity contribution < 1.29 is 27.1 Å². The van der Waals surface area contributed by atoms with Crippen molar-refractivity contribution in [2.24, 2.45) is 11.8 Å². The third kappa shape index (κ3) is 10.5. The van der Waals surface area contributed by atoms with Gasteiger partial charge in [-0.3, -0.25) is 4.79 Å². The van der Waals surface area contributed by atoms with E-state index in [0.29, 0.717) is 30.8 Å². The summed E-state index contributed by atoms with van der Waals surface area (Å²) in [6, 6.07) is 26.7. The molecule has 0 aliphatic heterocycles. The lowest BCUT2D eigenvalue weighted by Crippen LogP contribution is -2.66. The Kier molecular flexibility index (Phi) is 14.8. The molecule has 6 nitrogen and oxygen atoms in total. The highest BCUT2D eigenvalue weighted by Gasteiger charge is 2.50. The summed E-state index contributed by atoms with van der Waals surface area (Å²) in [5.74, 6) is 0.348. The summed E-state index contributed by atoms with van der Waals surface area (Å²) in [5, 5.41) is 2.48. The van der Waals surface area contributed by atoms with Crippen molar-refractivity contribution >= 4 is 34.5 Å². The van der Waals surface area contributed by atoms with Gasteiger partial charge in [0.2, 0.25) is 0 Å². The van der Waals surface area contributed by atoms with Gasteiger partial charge in [-0.15, -0.1) is 0 Å². The van der Waals surface area contributed by atoms with Gasteiger partial charge in [-0.05, 0) is 84.0 Å². The van der Waals surface area contributed by atoms with E-state index in [0.717, 1.165) is 63.4 Å². The topological polar surface area (TPSA) is 78.9 Å². The van der Waals surface area contributed by atoms with Gasteiger partial charge in [0.1, 0.15) is 10.6 Å². The second-order valence-corrected chi connectivity index (χ2v) is 21.6. The largest absolute Gasteiger partial charge is 0.489 e. The van der Waals surface area contributed by atoms with Gasteiger partial charge in [-0.2, -0.15) is 0 Å². The Labute approximate surface area is 303 Å². The fourth-order valence-electron chi connectivity index (χ4n) is 7.40. The van der Waals surface area contributed by atoms with Crippen LogP contribution >= 0.6 is 0 Å². The Bertz CT molecular complexity index is 1550. The highest BCUT2D eigenvalue weighted by molar-refractivity contribution is 7.91. The fraction of sp³-hybridized carbons (Fsp3) is 0.548. The minimum absolute atomic E-state index is 0.0791. The van der Waals surface area contributed by atoms with Gasteiger partial charge in [0, 0.05) is 6.61 Å². The molecular formula is C42H60O6SSi. The number of carbonyl (C=O) groups excluding carboxylic acids is 1. The Morgan fingerprint density at radius 3 is 2.20 bits per heavy atom. The molecular weight excluding hydrogens is 661 g/mol. The summed E-state index contributed by atoms with van der Waals surface area (Å²) in [6.45, 7) is 14.1. The van der Waals surface area contributed by atoms with Gasteiger partial charge in [0.25, 0.3) is 8.32 Å². The molecule has 3 aromatic rings. The van der Waals surface area contributed by atoms with Crippen LogP contribution in [0.15, 0.2) is 83.8 Å². The first kappa shape index (κ1) is 39.8. The standard InChI is InChI=1S/C42H60O6SSi/c1-7-9-17-34(8-2)32-46-41(43)27-29-49(44,45)40-25-24-33(3)30-39(40)48-36-19-16-18-35(31-36)26-28-47-50(42(4,5)6,37-20-12-10-13-21-37)38-22-14-11-15-23-38/h10-15,20-25,30,34-36H,7-9,16-19,26-29,31-32H2,1-6H3/t34-,35-,36-/m1/s1. The third-order valence-electron chi connectivity index (χ3n) is 10.3. The number of benzene rings is 3. The molecule has 1 aliphatic rings. The lowest BCUT2D eigenvalue weighted by atomic mass is 9.85. The molecule has 1 saturated carbocycles. The zero-order valence-electron chi connectivity index (χ0n) is 31.3. The summed E-state index contributed by atoms with van der Waals surface area (Å²) in [5.41, 5.74) is 0.933. The summed E-state index contributed by atoms with van der Waals surface area (Å²) in [7, 11) is -6.38. The number of ether oxygens (including phenoxy) is 2. The number of rotatable bonds is 18. The van der Waals surface area contributed by atoms with Crippen molar-refractivity contribution in [1.29, 1.82) is 0 Å². The fourth-order valence-corrected chi connectivity index (χ4v) is 13.3. The third-order valence-corrected chi connectivity index (χ3v) is 17.1. The normalized spacial score (nSPS) is 17.6. The predicted molar refractivity (Wildman–Crippen MR) is 207 cm³/mol. The van der Waals surface area contributed by atoms with E-state index in [-0.39, 0.29) is 28.2 Å². The maximum absolute atomic E-state index is 13.6. The van der Waals surface area contributed by atoms with Crippen LogP contribution in [-0.4, -0.2) is 47.8 Å². The number of carbonyl (C=O) groups is 1. The molecule has 0 spiro atoms. The van der Waals surface area contributed by atoms with Crippen LogP contribution in [0.1, 0.15) is 104 Å². The average Bonchev–Trinajstić information content (AvgIpc) is 3.10. The zero-order valence-corrected chi connectivity index (χ0v) is 33.1. The molecule has 0 heterocycles. The summed E-state index contributed by atoms with van der Waals surface area (Å²) >= 11 is 0. The maximum Gasteiger partial charge on any atom is 0.306 e. The molecule has 3 aromatic carbocycles. The number of hydrogen-bond acceptors (Lipinski definition) is 6. The molecule has 274 valence electrons. The van der Waals surface area contributed by atoms with Crippen LogP contribution in [-0.2, 0) is 23.8 Å². The van der Waals surface area contributed by atoms with Gasteiger partial charge < -0.3 is 13.9 Å². The quantitative estimate of drug-likeness (QED) is 0.0966. The van der Waals surface area contributed by atoms with E-state index < -0.39 is 24.1 Å². The van der Waals surface area contributed by atoms with E-state index in [1.165, 1.54) is 10.4 Å². The van der Waals surface area contributed by atoms with Gasteiger partial charge in [-0.25, -0.2) is 8.42 Å². The highest BCUT2D eigenvalue weighted by Crippen LogP contribution is 2.38. The van der Waals surface area contributed by atoms with Crippen molar-refractivity contribution in [3.05, 3.63) is 84.4 Å². The molecule has 8 heteroatoms. The number of hydrogen-bond donors (Lipinski definition) is 0. The van der Waals surface area contributed by atoms with Crippen LogP contribution in [0.5, 0.6) is 5.75 Å². The molecule has 0 aromatic heterocycles. The molecule has 0 bridgehead atoms. The first-order valence-electron chi connectivity index (χ1n) is 18.8. The molecule has 0 saturated heterocycles. The second kappa shape index (κ2) is 18.5. The number of esters is 1. The Hall–Kier alpha value is -2.94. The van der Waals surface area contributed by atoms with Crippen LogP contribution < -0.4 is 15.1 Å². The Balaban J connectivity index is 1.40. The van der Waals surface area contributed by atoms with Crippen LogP contribution in [0.2, 0.25) is 5.04 Å². The van der Waals surface area contributed by atoms with E-state index in [1.807, 2.05) is 13.0 Å². The molecule has 50 heavy (non-hydrogen) atoms. The summed E-state index contributed by atoms with van der Waals surface area (Å²) in [4.78, 5) is 12.7. The predicted octanol–water partition coefficient (Wildman–Crippen LogP) is 8.82. The van der Waals surface area contributed by atoms with Crippen molar-refractivity contribution in [3.63, 3.8) is 0 Å². The second-order valence-electron chi connectivity index (χ2n) is 15.2. The van der Waals surface area contributed by atoms with Crippen LogP contribution in [0.3, 0.4) is 0 Å². The van der Waals surface area contributed by atoms with Gasteiger partial charge >= 0.3 is 5.97 Å². The number of aryl methyl sites for hydroxylation is 1. The van der Waals surface area contributed by atoms with E-state index in [1.54, 1.807) is 12.1 Å². The van der Waals surface area contributed by atoms with Crippen molar-refractivity contribution in [2.45, 2.75) is 122 Å². The molecule has 1 fully saturated rings. The van der Waals surface area contributed by atoms with E-state index in [2.05, 4.69) is 95.3 Å². The lowest BCUT2D eigenvalue weighted by molar-refractivity contribution is -0.144. The first-order chi connectivity index (χ1) is 23.9. The molecule has 0 amide bonds. The summed E-state index contributed by atoms with van der Waals surface area (Å²) in [6.07, 6.45) is 8.65. The Morgan fingerprint density at radius 2 is 1.60 bits per heavy atom. The molecule has 0 unspecified atom stereocenters. The first-order valence-corrected chi connectivity index (χ1v) is 22.4. The number of sulfone groups is 1. The zero-order chi connectivity index (χ0) is 36.2. The van der Waals surface area contributed by atoms with Crippen LogP contribution in [0, 0.1) is 18.8 Å². The van der Waals surface area contributed by atoms with Gasteiger partial charge in [0.15, 0.2) is 9.84 Å². The SMILES string of the molecule is CCCC[C@@H](CC)COC(=O)CCS(=O)(=O)c1ccc(C)cc1O[C@@H]1CCC[C@H](CCO[Si](c2ccccc2)(c2ccccc2)C(C)(C)C)C1. The van der Waals surface area contributed by atoms with Crippen molar-refractivity contribution in [3.8, 4) is 5.75 Å². The molecule has 0 N–H and O–H groups in total. The number of unbranched alkanes of at least 4 members (excludes halogenated alkanes) is 1. The van der Waals surface area contributed by atoms with E-state index in [9.17, 15) is 13.2 Å². The molecule has 3 atom stereocenters. The summed E-state index contributed by atoms with van der Waals surface area (Å²) < 4.78 is 46.3. The monoisotopic (exact) mass is 720 g/mol. The van der Waals surface area contributed by atoms with Crippen molar-refractivity contribution in [2.75, 3.05) is 19.0 Å². The lowest BCUT2D eigenvalue weighted by Gasteiger charge is -2.43. The molecule has 0 radical (unpaired) electrons. The van der Waals surface area contributed by atoms with Crippen LogP contribution in [0.4, 0.5) is 0 Å². The minimum atomic E-state index is -3.76. The van der Waals surface area contributed by atoms with E-state index in [4.69, 9.17) is 13.9 Å². The molecule has 1 aliphatic carbocycles. The Morgan fingerprint density at radius 1 is 0.940 bits per heavy atom. The minimum Gasteiger partial charge on any atom is -0.489 e. The van der Waals surface area contributed by atoms with Gasteiger partial charge in [0.05, 0.1) is 24.9 Å². The van der Waals surface area contributed by atoms with Gasteiger partial charge in [-0.1, -0.05) is 127 Å². The van der Waals surface area contributed by atoms with Crippen molar-refractivity contribution in [1.82, 2.24) is 0 Å². The molecule has 4 rings (SSSR count). The highest BCUT2D eigenvalue weighted by atomic mass is 32.2. The van der Waals surface area contributed by atoms with Crippen LogP contribution in [0.25, 0.3) is 0 Å². The maximum atomic E-state index is 13.6. The smallest absolute Gasteiger partial charge is 0.306 e. The van der Waals surface area contributed by atoms with E-state index >= 15 is 0 Å².